The summed E-state index contributed by atoms with van der Waals surface area (Å²) in [5.74, 6) is 1.73. The lowest BCUT2D eigenvalue weighted by molar-refractivity contribution is 0.192. The highest BCUT2D eigenvalue weighted by molar-refractivity contribution is 5.44. The van der Waals surface area contributed by atoms with Crippen LogP contribution in [0.3, 0.4) is 0 Å². The summed E-state index contributed by atoms with van der Waals surface area (Å²) < 4.78 is 16.4. The van der Waals surface area contributed by atoms with E-state index in [2.05, 4.69) is 24.4 Å². The Morgan fingerprint density at radius 1 is 1.20 bits per heavy atom. The lowest BCUT2D eigenvalue weighted by atomic mass is 10.1. The predicted octanol–water partition coefficient (Wildman–Crippen LogP) is 2.93. The largest absolute Gasteiger partial charge is 0.490 e. The molecule has 1 N–H and O–H groups in total. The van der Waals surface area contributed by atoms with Crippen LogP contribution in [0, 0.1) is 0 Å². The topological polar surface area (TPSA) is 39.7 Å². The minimum absolute atomic E-state index is 0.315. The molecule has 1 atom stereocenters. The smallest absolute Gasteiger partial charge is 0.161 e. The van der Waals surface area contributed by atoms with Crippen LogP contribution in [-0.4, -0.2) is 33.5 Å². The van der Waals surface area contributed by atoms with Crippen LogP contribution in [0.5, 0.6) is 11.5 Å². The third-order valence-electron chi connectivity index (χ3n) is 3.50. The Morgan fingerprint density at radius 2 is 2.00 bits per heavy atom. The number of nitrogens with one attached hydrogen (secondary N) is 1. The number of unbranched alkanes of at least 4 members (excludes halogenated alkanes) is 1. The molecule has 1 aromatic carbocycles. The van der Waals surface area contributed by atoms with Gasteiger partial charge in [-0.05, 0) is 44.0 Å². The minimum atomic E-state index is 0.315. The SMILES string of the molecule is COCCCCNC(C)c1ccc2c(c1)OCCCO2. The highest BCUT2D eigenvalue weighted by Crippen LogP contribution is 2.32. The van der Waals surface area contributed by atoms with E-state index in [9.17, 15) is 0 Å². The number of hydrogen-bond acceptors (Lipinski definition) is 4. The highest BCUT2D eigenvalue weighted by atomic mass is 16.5. The Kier molecular flexibility index (Phi) is 6.15. The molecule has 1 aliphatic rings. The number of methoxy groups -OCH3 is 1. The molecule has 0 aliphatic carbocycles. The van der Waals surface area contributed by atoms with Crippen molar-refractivity contribution in [1.29, 1.82) is 0 Å². The first-order valence-electron chi connectivity index (χ1n) is 7.43. The second kappa shape index (κ2) is 8.12. The fourth-order valence-corrected chi connectivity index (χ4v) is 2.26. The zero-order chi connectivity index (χ0) is 14.2. The fraction of sp³-hybridized carbons (Fsp3) is 0.625. The van der Waals surface area contributed by atoms with Gasteiger partial charge in [-0.3, -0.25) is 0 Å². The maximum atomic E-state index is 5.73. The zero-order valence-electron chi connectivity index (χ0n) is 12.5. The molecule has 0 radical (unpaired) electrons. The highest BCUT2D eigenvalue weighted by Gasteiger charge is 2.13. The van der Waals surface area contributed by atoms with E-state index in [1.54, 1.807) is 7.11 Å². The Balaban J connectivity index is 1.86. The molecule has 4 nitrogen and oxygen atoms in total. The van der Waals surface area contributed by atoms with E-state index < -0.39 is 0 Å². The van der Waals surface area contributed by atoms with Crippen LogP contribution in [0.2, 0.25) is 0 Å². The molecule has 2 rings (SSSR count). The predicted molar refractivity (Wildman–Crippen MR) is 79.6 cm³/mol. The third-order valence-corrected chi connectivity index (χ3v) is 3.50. The first-order valence-corrected chi connectivity index (χ1v) is 7.43. The summed E-state index contributed by atoms with van der Waals surface area (Å²) >= 11 is 0. The van der Waals surface area contributed by atoms with Gasteiger partial charge in [0.2, 0.25) is 0 Å². The van der Waals surface area contributed by atoms with E-state index in [4.69, 9.17) is 14.2 Å². The molecule has 0 spiro atoms. The van der Waals surface area contributed by atoms with Crippen LogP contribution < -0.4 is 14.8 Å². The zero-order valence-corrected chi connectivity index (χ0v) is 12.5. The van der Waals surface area contributed by atoms with Crippen molar-refractivity contribution >= 4 is 0 Å². The average molecular weight is 279 g/mol. The van der Waals surface area contributed by atoms with E-state index >= 15 is 0 Å². The molecule has 112 valence electrons. The average Bonchev–Trinajstić information content (AvgIpc) is 2.71. The van der Waals surface area contributed by atoms with Gasteiger partial charge in [0.15, 0.2) is 11.5 Å². The van der Waals surface area contributed by atoms with Crippen molar-refractivity contribution in [3.05, 3.63) is 23.8 Å². The van der Waals surface area contributed by atoms with Gasteiger partial charge in [-0.15, -0.1) is 0 Å². The van der Waals surface area contributed by atoms with Gasteiger partial charge in [0.05, 0.1) is 13.2 Å². The van der Waals surface area contributed by atoms with Gasteiger partial charge in [0, 0.05) is 26.2 Å². The maximum Gasteiger partial charge on any atom is 0.161 e. The summed E-state index contributed by atoms with van der Waals surface area (Å²) in [6, 6.07) is 6.53. The molecule has 0 bridgehead atoms. The molecular formula is C16H25NO3. The minimum Gasteiger partial charge on any atom is -0.490 e. The first kappa shape index (κ1) is 15.1. The van der Waals surface area contributed by atoms with Crippen LogP contribution in [0.15, 0.2) is 18.2 Å². The summed E-state index contributed by atoms with van der Waals surface area (Å²) in [7, 11) is 1.74. The number of hydrogen-bond donors (Lipinski definition) is 1. The molecular weight excluding hydrogens is 254 g/mol. The second-order valence-electron chi connectivity index (χ2n) is 5.13. The first-order chi connectivity index (χ1) is 9.81. The van der Waals surface area contributed by atoms with Crippen LogP contribution in [0.4, 0.5) is 0 Å². The molecule has 1 aromatic rings. The van der Waals surface area contributed by atoms with Crippen molar-refractivity contribution in [3.8, 4) is 11.5 Å². The van der Waals surface area contributed by atoms with Crippen LogP contribution in [0.25, 0.3) is 0 Å². The van der Waals surface area contributed by atoms with Crippen molar-refractivity contribution in [3.63, 3.8) is 0 Å². The molecule has 0 fully saturated rings. The van der Waals surface area contributed by atoms with E-state index in [0.717, 1.165) is 57.1 Å². The maximum absolute atomic E-state index is 5.73. The van der Waals surface area contributed by atoms with Crippen molar-refractivity contribution in [1.82, 2.24) is 5.32 Å². The van der Waals surface area contributed by atoms with Gasteiger partial charge in [-0.2, -0.15) is 0 Å². The number of rotatable bonds is 7. The lowest BCUT2D eigenvalue weighted by Crippen LogP contribution is -2.20. The van der Waals surface area contributed by atoms with Gasteiger partial charge in [-0.25, -0.2) is 0 Å². The third kappa shape index (κ3) is 4.39. The Labute approximate surface area is 121 Å². The van der Waals surface area contributed by atoms with Crippen molar-refractivity contribution < 1.29 is 14.2 Å². The summed E-state index contributed by atoms with van der Waals surface area (Å²) in [5, 5.41) is 3.53. The monoisotopic (exact) mass is 279 g/mol. The molecule has 4 heteroatoms. The van der Waals surface area contributed by atoms with E-state index in [0.29, 0.717) is 6.04 Å². The van der Waals surface area contributed by atoms with Crippen molar-refractivity contribution in [2.75, 3.05) is 33.5 Å². The second-order valence-corrected chi connectivity index (χ2v) is 5.13. The summed E-state index contributed by atoms with van der Waals surface area (Å²) in [5.41, 5.74) is 1.24. The lowest BCUT2D eigenvalue weighted by Gasteiger charge is -2.16. The fourth-order valence-electron chi connectivity index (χ4n) is 2.26. The Bertz CT molecular complexity index is 409. The molecule has 1 unspecified atom stereocenters. The van der Waals surface area contributed by atoms with Gasteiger partial charge < -0.3 is 19.5 Å². The Hall–Kier alpha value is -1.26. The van der Waals surface area contributed by atoms with Crippen molar-refractivity contribution in [2.45, 2.75) is 32.2 Å². The summed E-state index contributed by atoms with van der Waals surface area (Å²) in [6.07, 6.45) is 3.16. The number of fused-ring (bicyclic) bond motifs is 1. The standard InChI is InChI=1S/C16H25NO3/c1-13(17-8-3-4-9-18-2)14-6-7-15-16(12-14)20-11-5-10-19-15/h6-7,12-13,17H,3-5,8-11H2,1-2H3. The Morgan fingerprint density at radius 3 is 2.80 bits per heavy atom. The summed E-state index contributed by atoms with van der Waals surface area (Å²) in [4.78, 5) is 0. The number of benzene rings is 1. The number of ether oxygens (including phenoxy) is 3. The van der Waals surface area contributed by atoms with Crippen LogP contribution >= 0.6 is 0 Å². The molecule has 1 heterocycles. The molecule has 1 aliphatic heterocycles. The molecule has 0 saturated carbocycles. The van der Waals surface area contributed by atoms with E-state index in [-0.39, 0.29) is 0 Å². The van der Waals surface area contributed by atoms with Crippen molar-refractivity contribution in [2.24, 2.45) is 0 Å². The molecule has 0 amide bonds. The normalized spacial score (nSPS) is 15.7. The van der Waals surface area contributed by atoms with Gasteiger partial charge in [-0.1, -0.05) is 6.07 Å². The molecule has 0 aromatic heterocycles. The van der Waals surface area contributed by atoms with Gasteiger partial charge in [0.25, 0.3) is 0 Å². The van der Waals surface area contributed by atoms with Crippen LogP contribution in [-0.2, 0) is 4.74 Å². The molecule has 20 heavy (non-hydrogen) atoms. The van der Waals surface area contributed by atoms with Gasteiger partial charge in [0.1, 0.15) is 0 Å². The molecule has 0 saturated heterocycles. The summed E-state index contributed by atoms with van der Waals surface area (Å²) in [6.45, 7) is 5.48. The van der Waals surface area contributed by atoms with Gasteiger partial charge >= 0.3 is 0 Å². The van der Waals surface area contributed by atoms with E-state index in [1.165, 1.54) is 5.56 Å². The van der Waals surface area contributed by atoms with Crippen LogP contribution in [0.1, 0.15) is 37.8 Å². The van der Waals surface area contributed by atoms with E-state index in [1.807, 2.05) is 6.07 Å². The quantitative estimate of drug-likeness (QED) is 0.779.